The summed E-state index contributed by atoms with van der Waals surface area (Å²) in [6.07, 6.45) is 0. The summed E-state index contributed by atoms with van der Waals surface area (Å²) in [5.41, 5.74) is 0.617. The molecule has 0 fully saturated rings. The number of carbonyl (C=O) groups excluding carboxylic acids is 1. The van der Waals surface area contributed by atoms with Crippen molar-refractivity contribution >= 4 is 15.9 Å². The van der Waals surface area contributed by atoms with Gasteiger partial charge < -0.3 is 5.32 Å². The largest absolute Gasteiger partial charge is 0.349 e. The Kier molecular flexibility index (Phi) is 5.47. The van der Waals surface area contributed by atoms with Crippen molar-refractivity contribution in [3.8, 4) is 0 Å². The third kappa shape index (κ3) is 4.27. The van der Waals surface area contributed by atoms with Crippen molar-refractivity contribution in [2.24, 2.45) is 0 Å². The molecule has 0 aliphatic rings. The highest BCUT2D eigenvalue weighted by molar-refractivity contribution is 7.89. The highest BCUT2D eigenvalue weighted by atomic mass is 32.2. The van der Waals surface area contributed by atoms with E-state index in [0.29, 0.717) is 0 Å². The summed E-state index contributed by atoms with van der Waals surface area (Å²) in [4.78, 5) is 22.9. The average Bonchev–Trinajstić information content (AvgIpc) is 2.55. The van der Waals surface area contributed by atoms with E-state index in [9.17, 15) is 18.0 Å². The van der Waals surface area contributed by atoms with Crippen molar-refractivity contribution in [1.29, 1.82) is 0 Å². The van der Waals surface area contributed by atoms with Gasteiger partial charge in [-0.25, -0.2) is 13.5 Å². The van der Waals surface area contributed by atoms with E-state index in [4.69, 9.17) is 0 Å². The fourth-order valence-corrected chi connectivity index (χ4v) is 3.07. The normalized spacial score (nSPS) is 11.5. The molecule has 2 rings (SSSR count). The summed E-state index contributed by atoms with van der Waals surface area (Å²) >= 11 is 0. The smallest absolute Gasteiger partial charge is 0.271 e. The number of amides is 1. The lowest BCUT2D eigenvalue weighted by Gasteiger charge is -2.17. The molecule has 1 aromatic carbocycles. The quantitative estimate of drug-likeness (QED) is 0.769. The maximum Gasteiger partial charge on any atom is 0.271 e. The minimum absolute atomic E-state index is 0.0543. The second kappa shape index (κ2) is 7.37. The van der Waals surface area contributed by atoms with Gasteiger partial charge in [-0.3, -0.25) is 9.59 Å². The number of H-pyrrole nitrogens is 1. The third-order valence-electron chi connectivity index (χ3n) is 3.35. The molecular formula is C15H18N4O4S. The summed E-state index contributed by atoms with van der Waals surface area (Å²) in [5.74, 6) is -0.493. The second-order valence-electron chi connectivity index (χ2n) is 5.20. The monoisotopic (exact) mass is 350 g/mol. The fourth-order valence-electron chi connectivity index (χ4n) is 1.90. The predicted octanol–water partition coefficient (Wildman–Crippen LogP) is 0.129. The average molecular weight is 350 g/mol. The van der Waals surface area contributed by atoms with Crippen LogP contribution < -0.4 is 10.9 Å². The van der Waals surface area contributed by atoms with E-state index in [1.54, 1.807) is 24.3 Å². The number of aromatic nitrogens is 2. The summed E-state index contributed by atoms with van der Waals surface area (Å²) in [7, 11) is -2.16. The molecule has 0 unspecified atom stereocenters. The van der Waals surface area contributed by atoms with E-state index in [0.717, 1.165) is 9.87 Å². The lowest BCUT2D eigenvalue weighted by Crippen LogP contribution is -2.36. The van der Waals surface area contributed by atoms with Crippen LogP contribution in [0.5, 0.6) is 0 Å². The molecule has 1 amide bonds. The number of aromatic amines is 1. The molecule has 0 atom stereocenters. The summed E-state index contributed by atoms with van der Waals surface area (Å²) in [6, 6.07) is 9.03. The first-order chi connectivity index (χ1) is 11.3. The van der Waals surface area contributed by atoms with Crippen molar-refractivity contribution in [2.45, 2.75) is 11.8 Å². The third-order valence-corrected chi connectivity index (χ3v) is 5.22. The Morgan fingerprint density at radius 2 is 1.88 bits per heavy atom. The van der Waals surface area contributed by atoms with E-state index >= 15 is 0 Å². The van der Waals surface area contributed by atoms with E-state index in [-0.39, 0.29) is 23.7 Å². The first-order valence-corrected chi connectivity index (χ1v) is 8.61. The van der Waals surface area contributed by atoms with Gasteiger partial charge in [-0.15, -0.1) is 0 Å². The van der Waals surface area contributed by atoms with Crippen LogP contribution in [0.3, 0.4) is 0 Å². The van der Waals surface area contributed by atoms with Crippen LogP contribution in [-0.2, 0) is 10.0 Å². The summed E-state index contributed by atoms with van der Waals surface area (Å²) in [5, 5.41) is 8.31. The van der Waals surface area contributed by atoms with Crippen LogP contribution in [0.2, 0.25) is 0 Å². The fraction of sp³-hybridized carbons (Fsp3) is 0.267. The highest BCUT2D eigenvalue weighted by Gasteiger charge is 2.20. The van der Waals surface area contributed by atoms with Crippen molar-refractivity contribution in [1.82, 2.24) is 19.8 Å². The first kappa shape index (κ1) is 17.8. The molecule has 2 aromatic rings. The number of benzene rings is 1. The van der Waals surface area contributed by atoms with Crippen molar-refractivity contribution in [3.05, 3.63) is 58.0 Å². The van der Waals surface area contributed by atoms with Gasteiger partial charge in [0.25, 0.3) is 11.5 Å². The van der Waals surface area contributed by atoms with Gasteiger partial charge in [0, 0.05) is 26.2 Å². The van der Waals surface area contributed by atoms with Crippen molar-refractivity contribution < 1.29 is 13.2 Å². The first-order valence-electron chi connectivity index (χ1n) is 7.17. The van der Waals surface area contributed by atoms with Crippen LogP contribution in [0.25, 0.3) is 0 Å². The molecule has 0 saturated heterocycles. The Morgan fingerprint density at radius 3 is 2.46 bits per heavy atom. The number of hydrogen-bond donors (Lipinski definition) is 2. The number of hydrogen-bond acceptors (Lipinski definition) is 5. The lowest BCUT2D eigenvalue weighted by molar-refractivity contribution is 0.0946. The van der Waals surface area contributed by atoms with Gasteiger partial charge in [-0.1, -0.05) is 17.7 Å². The zero-order valence-corrected chi connectivity index (χ0v) is 14.1. The van der Waals surface area contributed by atoms with Gasteiger partial charge >= 0.3 is 0 Å². The summed E-state index contributed by atoms with van der Waals surface area (Å²) < 4.78 is 25.9. The molecule has 2 N–H and O–H groups in total. The van der Waals surface area contributed by atoms with E-state index < -0.39 is 21.5 Å². The maximum atomic E-state index is 12.4. The standard InChI is InChI=1S/C15H18N4O4S/c1-11-3-5-12(6-4-11)24(22,23)19(2)10-9-16-15(21)13-7-8-14(20)18-17-13/h3-8H,9-10H2,1-2H3,(H,16,21)(H,18,20). The number of aryl methyl sites for hydroxylation is 1. The van der Waals surface area contributed by atoms with Gasteiger partial charge in [0.15, 0.2) is 0 Å². The Labute approximate surface area is 139 Å². The van der Waals surface area contributed by atoms with Crippen LogP contribution in [0.4, 0.5) is 0 Å². The molecule has 0 aliphatic carbocycles. The molecule has 0 aliphatic heterocycles. The van der Waals surface area contributed by atoms with Gasteiger partial charge in [0.05, 0.1) is 4.90 Å². The van der Waals surface area contributed by atoms with Crippen LogP contribution in [-0.4, -0.2) is 49.0 Å². The van der Waals surface area contributed by atoms with E-state index in [1.807, 2.05) is 6.92 Å². The summed E-state index contributed by atoms with van der Waals surface area (Å²) in [6.45, 7) is 2.09. The zero-order valence-electron chi connectivity index (χ0n) is 13.3. The SMILES string of the molecule is Cc1ccc(S(=O)(=O)N(C)CCNC(=O)c2ccc(=O)[nH]n2)cc1. The van der Waals surface area contributed by atoms with Gasteiger partial charge in [-0.05, 0) is 25.1 Å². The van der Waals surface area contributed by atoms with Gasteiger partial charge in [-0.2, -0.15) is 9.40 Å². The van der Waals surface area contributed by atoms with E-state index in [2.05, 4.69) is 15.5 Å². The molecule has 1 aromatic heterocycles. The highest BCUT2D eigenvalue weighted by Crippen LogP contribution is 2.14. The zero-order chi connectivity index (χ0) is 17.7. The number of carbonyl (C=O) groups is 1. The number of likely N-dealkylation sites (N-methyl/N-ethyl adjacent to an activating group) is 1. The Hall–Kier alpha value is -2.52. The minimum Gasteiger partial charge on any atom is -0.349 e. The molecule has 8 nitrogen and oxygen atoms in total. The van der Waals surface area contributed by atoms with Crippen LogP contribution in [0.15, 0.2) is 46.1 Å². The molecule has 0 spiro atoms. The lowest BCUT2D eigenvalue weighted by atomic mass is 10.2. The van der Waals surface area contributed by atoms with Gasteiger partial charge in [0.2, 0.25) is 10.0 Å². The van der Waals surface area contributed by atoms with E-state index in [1.165, 1.54) is 19.2 Å². The predicted molar refractivity (Wildman–Crippen MR) is 88.2 cm³/mol. The molecule has 1 heterocycles. The van der Waals surface area contributed by atoms with Crippen molar-refractivity contribution in [3.63, 3.8) is 0 Å². The number of sulfonamides is 1. The molecule has 0 radical (unpaired) electrons. The Bertz CT molecular complexity index is 855. The van der Waals surface area contributed by atoms with Crippen LogP contribution in [0.1, 0.15) is 16.1 Å². The number of nitrogens with zero attached hydrogens (tertiary/aromatic N) is 2. The topological polar surface area (TPSA) is 112 Å². The Balaban J connectivity index is 1.93. The molecule has 0 bridgehead atoms. The number of nitrogens with one attached hydrogen (secondary N) is 2. The molecule has 24 heavy (non-hydrogen) atoms. The van der Waals surface area contributed by atoms with Gasteiger partial charge in [0.1, 0.15) is 5.69 Å². The second-order valence-corrected chi connectivity index (χ2v) is 7.25. The van der Waals surface area contributed by atoms with Crippen LogP contribution in [0, 0.1) is 6.92 Å². The molecule has 0 saturated carbocycles. The number of rotatable bonds is 6. The van der Waals surface area contributed by atoms with Crippen molar-refractivity contribution in [2.75, 3.05) is 20.1 Å². The minimum atomic E-state index is -3.61. The Morgan fingerprint density at radius 1 is 1.21 bits per heavy atom. The molecule has 128 valence electrons. The molecule has 9 heteroatoms. The van der Waals surface area contributed by atoms with Crippen LogP contribution >= 0.6 is 0 Å². The molecular weight excluding hydrogens is 332 g/mol. The maximum absolute atomic E-state index is 12.4.